The van der Waals surface area contributed by atoms with Crippen molar-refractivity contribution in [3.63, 3.8) is 0 Å². The molecule has 0 aliphatic carbocycles. The topological polar surface area (TPSA) is 15.3 Å². The van der Waals surface area contributed by atoms with E-state index >= 15 is 0 Å². The van der Waals surface area contributed by atoms with Gasteiger partial charge >= 0.3 is 0 Å². The Balaban J connectivity index is 2.56. The smallest absolute Gasteiger partial charge is 0.0102 e. The Hall–Kier alpha value is -0.0800. The lowest BCUT2D eigenvalue weighted by molar-refractivity contribution is 0.0593. The minimum absolute atomic E-state index is 0.349. The van der Waals surface area contributed by atoms with E-state index in [0.29, 0.717) is 11.5 Å². The summed E-state index contributed by atoms with van der Waals surface area (Å²) < 4.78 is 0. The molecular weight excluding hydrogens is 208 g/mol. The monoisotopic (exact) mass is 240 g/mol. The van der Waals surface area contributed by atoms with Crippen molar-refractivity contribution < 1.29 is 0 Å². The van der Waals surface area contributed by atoms with Crippen molar-refractivity contribution in [3.05, 3.63) is 0 Å². The molecule has 0 radical (unpaired) electrons. The Labute approximate surface area is 108 Å². The van der Waals surface area contributed by atoms with E-state index in [4.69, 9.17) is 0 Å². The van der Waals surface area contributed by atoms with Crippen molar-refractivity contribution in [1.82, 2.24) is 10.2 Å². The molecule has 1 aliphatic rings. The molecule has 1 N–H and O–H groups in total. The average Bonchev–Trinajstić information content (AvgIpc) is 2.25. The van der Waals surface area contributed by atoms with E-state index < -0.39 is 0 Å². The van der Waals surface area contributed by atoms with Crippen LogP contribution in [0.3, 0.4) is 0 Å². The molecule has 1 fully saturated rings. The third-order valence-corrected chi connectivity index (χ3v) is 4.80. The fraction of sp³-hybridized carbons (Fsp3) is 1.00. The van der Waals surface area contributed by atoms with Gasteiger partial charge in [0, 0.05) is 18.6 Å². The molecule has 0 spiro atoms. The first-order valence-corrected chi connectivity index (χ1v) is 7.36. The van der Waals surface area contributed by atoms with Gasteiger partial charge in [-0.2, -0.15) is 0 Å². The van der Waals surface area contributed by atoms with Crippen LogP contribution in [0.25, 0.3) is 0 Å². The molecule has 102 valence electrons. The summed E-state index contributed by atoms with van der Waals surface area (Å²) in [6, 6.07) is 1.33. The third-order valence-electron chi connectivity index (χ3n) is 4.80. The van der Waals surface area contributed by atoms with E-state index in [1.54, 1.807) is 0 Å². The number of nitrogens with zero attached hydrogens (tertiary/aromatic N) is 1. The van der Waals surface area contributed by atoms with Crippen LogP contribution < -0.4 is 5.32 Å². The van der Waals surface area contributed by atoms with Crippen molar-refractivity contribution in [2.45, 2.75) is 66.5 Å². The summed E-state index contributed by atoms with van der Waals surface area (Å²) in [7, 11) is 0. The van der Waals surface area contributed by atoms with Crippen molar-refractivity contribution in [2.75, 3.05) is 19.6 Å². The van der Waals surface area contributed by atoms with Crippen LogP contribution in [0, 0.1) is 11.3 Å². The minimum atomic E-state index is 0.349. The first-order chi connectivity index (χ1) is 7.88. The van der Waals surface area contributed by atoms with E-state index in [-0.39, 0.29) is 0 Å². The number of rotatable bonds is 5. The fourth-order valence-electron chi connectivity index (χ4n) is 2.89. The van der Waals surface area contributed by atoms with Crippen molar-refractivity contribution in [2.24, 2.45) is 11.3 Å². The highest BCUT2D eigenvalue weighted by atomic mass is 15.2. The molecule has 3 atom stereocenters. The molecule has 0 amide bonds. The first-order valence-electron chi connectivity index (χ1n) is 7.36. The molecule has 0 bridgehead atoms. The normalized spacial score (nSPS) is 29.3. The molecule has 2 nitrogen and oxygen atoms in total. The van der Waals surface area contributed by atoms with Gasteiger partial charge in [0.25, 0.3) is 0 Å². The second-order valence-corrected chi connectivity index (χ2v) is 6.60. The fourth-order valence-corrected chi connectivity index (χ4v) is 2.89. The highest BCUT2D eigenvalue weighted by molar-refractivity contribution is 4.87. The largest absolute Gasteiger partial charge is 0.314 e. The molecule has 17 heavy (non-hydrogen) atoms. The summed E-state index contributed by atoms with van der Waals surface area (Å²) in [5.41, 5.74) is 0.349. The molecule has 1 aliphatic heterocycles. The number of hydrogen-bond acceptors (Lipinski definition) is 2. The molecule has 2 heteroatoms. The summed E-state index contributed by atoms with van der Waals surface area (Å²) in [6.07, 6.45) is 2.78. The summed E-state index contributed by atoms with van der Waals surface area (Å²) >= 11 is 0. The Morgan fingerprint density at radius 1 is 1.35 bits per heavy atom. The van der Waals surface area contributed by atoms with Crippen LogP contribution in [0.1, 0.15) is 54.4 Å². The summed E-state index contributed by atoms with van der Waals surface area (Å²) in [5.74, 6) is 0.856. The van der Waals surface area contributed by atoms with Crippen molar-refractivity contribution in [3.8, 4) is 0 Å². The van der Waals surface area contributed by atoms with Gasteiger partial charge in [0.1, 0.15) is 0 Å². The van der Waals surface area contributed by atoms with Crippen LogP contribution in [0.2, 0.25) is 0 Å². The van der Waals surface area contributed by atoms with Crippen LogP contribution in [0.15, 0.2) is 0 Å². The minimum Gasteiger partial charge on any atom is -0.314 e. The number of likely N-dealkylation sites (tertiary alicyclic amines) is 1. The van der Waals surface area contributed by atoms with Crippen molar-refractivity contribution in [1.29, 1.82) is 0 Å². The predicted octanol–water partition coefficient (Wildman–Crippen LogP) is 3.13. The summed E-state index contributed by atoms with van der Waals surface area (Å²) in [4.78, 5) is 2.70. The second kappa shape index (κ2) is 6.19. The van der Waals surface area contributed by atoms with E-state index in [2.05, 4.69) is 51.8 Å². The van der Waals surface area contributed by atoms with Gasteiger partial charge in [-0.15, -0.1) is 0 Å². The summed E-state index contributed by atoms with van der Waals surface area (Å²) in [5, 5.41) is 3.57. The van der Waals surface area contributed by atoms with Gasteiger partial charge in [-0.3, -0.25) is 4.90 Å². The van der Waals surface area contributed by atoms with Gasteiger partial charge in [0.05, 0.1) is 0 Å². The van der Waals surface area contributed by atoms with Crippen molar-refractivity contribution >= 4 is 0 Å². The molecule has 1 rings (SSSR count). The Morgan fingerprint density at radius 2 is 2.00 bits per heavy atom. The Kier molecular flexibility index (Phi) is 5.46. The zero-order valence-corrected chi connectivity index (χ0v) is 12.7. The second-order valence-electron chi connectivity index (χ2n) is 6.60. The first kappa shape index (κ1) is 15.0. The summed E-state index contributed by atoms with van der Waals surface area (Å²) in [6.45, 7) is 17.7. The highest BCUT2D eigenvalue weighted by Gasteiger charge is 2.32. The lowest BCUT2D eigenvalue weighted by Crippen LogP contribution is -2.51. The quantitative estimate of drug-likeness (QED) is 0.794. The molecule has 3 unspecified atom stereocenters. The molecule has 0 saturated carbocycles. The van der Waals surface area contributed by atoms with E-state index in [1.807, 2.05) is 0 Å². The molecule has 1 saturated heterocycles. The number of piperidine rings is 1. The molecule has 0 aromatic heterocycles. The third kappa shape index (κ3) is 3.96. The maximum atomic E-state index is 3.57. The van der Waals surface area contributed by atoms with E-state index in [1.165, 1.54) is 25.9 Å². The van der Waals surface area contributed by atoms with Crippen LogP contribution in [0.4, 0.5) is 0 Å². The van der Waals surface area contributed by atoms with Crippen LogP contribution >= 0.6 is 0 Å². The Bertz CT molecular complexity index is 225. The van der Waals surface area contributed by atoms with Gasteiger partial charge in [-0.25, -0.2) is 0 Å². The highest BCUT2D eigenvalue weighted by Crippen LogP contribution is 2.28. The van der Waals surface area contributed by atoms with Crippen LogP contribution in [0.5, 0.6) is 0 Å². The molecule has 0 aromatic carbocycles. The zero-order chi connectivity index (χ0) is 13.1. The van der Waals surface area contributed by atoms with E-state index in [0.717, 1.165) is 18.5 Å². The molecular formula is C15H32N2. The van der Waals surface area contributed by atoms with Gasteiger partial charge < -0.3 is 5.32 Å². The van der Waals surface area contributed by atoms with Gasteiger partial charge in [-0.05, 0) is 51.1 Å². The average molecular weight is 240 g/mol. The zero-order valence-electron chi connectivity index (χ0n) is 12.7. The maximum Gasteiger partial charge on any atom is 0.0102 e. The van der Waals surface area contributed by atoms with Crippen LogP contribution in [-0.4, -0.2) is 36.6 Å². The van der Waals surface area contributed by atoms with Gasteiger partial charge in [0.15, 0.2) is 0 Å². The SMILES string of the molecule is CCNC(C)C(C)(C)CN1CCCC(C)C1C. The molecule has 1 heterocycles. The maximum absolute atomic E-state index is 3.57. The lowest BCUT2D eigenvalue weighted by Gasteiger charge is -2.44. The number of hydrogen-bond donors (Lipinski definition) is 1. The Morgan fingerprint density at radius 3 is 2.59 bits per heavy atom. The molecule has 0 aromatic rings. The van der Waals surface area contributed by atoms with Gasteiger partial charge in [0.2, 0.25) is 0 Å². The van der Waals surface area contributed by atoms with Gasteiger partial charge in [-0.1, -0.05) is 27.7 Å². The van der Waals surface area contributed by atoms with E-state index in [9.17, 15) is 0 Å². The standard InChI is InChI=1S/C15H32N2/c1-7-16-14(4)15(5,6)11-17-10-8-9-12(2)13(17)3/h12-14,16H,7-11H2,1-6H3. The predicted molar refractivity (Wildman–Crippen MR) is 76.4 cm³/mol. The van der Waals surface area contributed by atoms with Crippen LogP contribution in [-0.2, 0) is 0 Å². The number of nitrogens with one attached hydrogen (secondary N) is 1. The lowest BCUT2D eigenvalue weighted by atomic mass is 9.82.